The van der Waals surface area contributed by atoms with E-state index in [0.29, 0.717) is 13.2 Å². The van der Waals surface area contributed by atoms with Crippen LogP contribution in [0, 0.1) is 0 Å². The van der Waals surface area contributed by atoms with E-state index in [9.17, 15) is 4.79 Å². The lowest BCUT2D eigenvalue weighted by Crippen LogP contribution is -3.00. The summed E-state index contributed by atoms with van der Waals surface area (Å²) < 4.78 is 5.52. The molecule has 0 spiro atoms. The molecule has 0 N–H and O–H groups in total. The number of hydrogen-bond acceptors (Lipinski definition) is 2. The number of hydrogen-bond donors (Lipinski definition) is 0. The Bertz CT molecular complexity index is 768. The van der Waals surface area contributed by atoms with Crippen molar-refractivity contribution in [3.8, 4) is 0 Å². The highest BCUT2D eigenvalue weighted by atomic mass is 35.5. The lowest BCUT2D eigenvalue weighted by molar-refractivity contribution is -0.0000115. The van der Waals surface area contributed by atoms with Crippen molar-refractivity contribution in [1.29, 1.82) is 0 Å². The van der Waals surface area contributed by atoms with Crippen LogP contribution in [-0.4, -0.2) is 12.7 Å². The second-order valence-electron chi connectivity index (χ2n) is 5.82. The van der Waals surface area contributed by atoms with Crippen LogP contribution in [0.4, 0.5) is 16.2 Å². The van der Waals surface area contributed by atoms with Gasteiger partial charge in [0, 0.05) is 29.8 Å². The Hall–Kier alpha value is -2.62. The van der Waals surface area contributed by atoms with E-state index in [4.69, 9.17) is 4.74 Å². The normalized spacial score (nSPS) is 10.7. The maximum absolute atomic E-state index is 13.2. The van der Waals surface area contributed by atoms with Crippen molar-refractivity contribution in [2.24, 2.45) is 0 Å². The highest BCUT2D eigenvalue weighted by molar-refractivity contribution is 5.90. The van der Waals surface area contributed by atoms with E-state index in [1.54, 1.807) is 0 Å². The van der Waals surface area contributed by atoms with E-state index >= 15 is 0 Å². The summed E-state index contributed by atoms with van der Waals surface area (Å²) in [5.74, 6) is 0. The molecule has 3 rings (SSSR count). The minimum absolute atomic E-state index is 0. The molecule has 0 aliphatic rings. The topological polar surface area (TPSA) is 26.3 Å². The molecule has 0 aliphatic heterocycles. The van der Waals surface area contributed by atoms with Gasteiger partial charge in [0.15, 0.2) is 0 Å². The number of benzene rings is 3. The summed E-state index contributed by atoms with van der Waals surface area (Å²) >= 11 is 0. The van der Waals surface area contributed by atoms with Crippen LogP contribution in [0.3, 0.4) is 0 Å². The lowest BCUT2D eigenvalue weighted by Gasteiger charge is -2.33. The van der Waals surface area contributed by atoms with Gasteiger partial charge in [-0.25, -0.2) is 0 Å². The summed E-state index contributed by atoms with van der Waals surface area (Å²) in [6.45, 7) is 2.67. The zero-order chi connectivity index (χ0) is 17.5. The summed E-state index contributed by atoms with van der Waals surface area (Å²) in [6.07, 6.45) is -0.274. The van der Waals surface area contributed by atoms with E-state index in [2.05, 4.69) is 0 Å². The maximum Gasteiger partial charge on any atom is 0.526 e. The van der Waals surface area contributed by atoms with Crippen molar-refractivity contribution in [1.82, 2.24) is 4.48 Å². The van der Waals surface area contributed by atoms with Gasteiger partial charge in [0.25, 0.3) is 0 Å². The highest BCUT2D eigenvalue weighted by Crippen LogP contribution is 2.37. The zero-order valence-corrected chi connectivity index (χ0v) is 15.5. The average Bonchev–Trinajstić information content (AvgIpc) is 2.68. The minimum atomic E-state index is -0.274. The second kappa shape index (κ2) is 9.18. The minimum Gasteiger partial charge on any atom is -1.00 e. The van der Waals surface area contributed by atoms with Crippen molar-refractivity contribution in [3.63, 3.8) is 0 Å². The molecule has 134 valence electrons. The summed E-state index contributed by atoms with van der Waals surface area (Å²) in [4.78, 5) is 13.2. The van der Waals surface area contributed by atoms with Gasteiger partial charge in [0.2, 0.25) is 0 Å². The quantitative estimate of drug-likeness (QED) is 0.648. The van der Waals surface area contributed by atoms with E-state index in [-0.39, 0.29) is 23.0 Å². The van der Waals surface area contributed by atoms with E-state index in [0.717, 1.165) is 16.9 Å². The Balaban J connectivity index is 0.00000243. The zero-order valence-electron chi connectivity index (χ0n) is 14.7. The van der Waals surface area contributed by atoms with Crippen LogP contribution in [0.2, 0.25) is 0 Å². The van der Waals surface area contributed by atoms with Crippen molar-refractivity contribution in [3.05, 3.63) is 96.6 Å². The number of carbonyl (C=O) groups is 1. The van der Waals surface area contributed by atoms with Crippen molar-refractivity contribution in [2.75, 3.05) is 6.61 Å². The summed E-state index contributed by atoms with van der Waals surface area (Å²) in [5.41, 5.74) is 2.84. The van der Waals surface area contributed by atoms with Crippen LogP contribution in [0.15, 0.2) is 91.0 Å². The van der Waals surface area contributed by atoms with Gasteiger partial charge in [-0.2, -0.15) is 9.28 Å². The van der Waals surface area contributed by atoms with Gasteiger partial charge in [-0.05, 0) is 6.92 Å². The second-order valence-corrected chi connectivity index (χ2v) is 5.82. The molecule has 0 radical (unpaired) electrons. The maximum atomic E-state index is 13.2. The van der Waals surface area contributed by atoms with Crippen molar-refractivity contribution in [2.45, 2.75) is 13.5 Å². The molecule has 0 saturated carbocycles. The fourth-order valence-electron chi connectivity index (χ4n) is 3.06. The number of amides is 1. The predicted octanol–water partition coefficient (Wildman–Crippen LogP) is 2.69. The number of halogens is 1. The van der Waals surface area contributed by atoms with Gasteiger partial charge in [-0.15, -0.1) is 0 Å². The molecule has 0 unspecified atom stereocenters. The SMILES string of the molecule is CCOC(=O)[N+](Cc1ccccc1)(c1ccccc1)c1ccccc1.[Cl-]. The summed E-state index contributed by atoms with van der Waals surface area (Å²) in [7, 11) is 0. The van der Waals surface area contributed by atoms with Crippen molar-refractivity contribution >= 4 is 17.5 Å². The van der Waals surface area contributed by atoms with E-state index in [1.165, 1.54) is 0 Å². The van der Waals surface area contributed by atoms with Crippen LogP contribution < -0.4 is 16.9 Å². The molecule has 0 fully saturated rings. The predicted molar refractivity (Wildman–Crippen MR) is 102 cm³/mol. The Morgan fingerprint density at radius 3 is 1.62 bits per heavy atom. The number of para-hydroxylation sites is 2. The highest BCUT2D eigenvalue weighted by Gasteiger charge is 2.43. The number of carbonyl (C=O) groups excluding carboxylic acids is 1. The Kier molecular flexibility index (Phi) is 6.96. The number of nitrogens with zero attached hydrogens (tertiary/aromatic N) is 1. The third-order valence-corrected chi connectivity index (χ3v) is 4.24. The third kappa shape index (κ3) is 3.96. The first kappa shape index (κ1) is 19.7. The van der Waals surface area contributed by atoms with Gasteiger partial charge >= 0.3 is 6.09 Å². The standard InChI is InChI=1S/C22H22NO2.ClH/c1-2-25-22(24)23(20-14-8-4-9-15-20,21-16-10-5-11-17-21)18-19-12-6-3-7-13-19;/h3-17H,2,18H2,1H3;1H/q+1;/p-1. The molecule has 0 saturated heterocycles. The van der Waals surface area contributed by atoms with Gasteiger partial charge in [0.05, 0.1) is 6.61 Å². The molecule has 0 atom stereocenters. The first-order valence-corrected chi connectivity index (χ1v) is 8.48. The van der Waals surface area contributed by atoms with Crippen LogP contribution in [0.5, 0.6) is 0 Å². The number of quaternary nitrogens is 1. The molecule has 26 heavy (non-hydrogen) atoms. The van der Waals surface area contributed by atoms with Crippen molar-refractivity contribution < 1.29 is 21.9 Å². The fraction of sp³-hybridized carbons (Fsp3) is 0.136. The third-order valence-electron chi connectivity index (χ3n) is 4.24. The molecule has 0 aliphatic carbocycles. The largest absolute Gasteiger partial charge is 1.00 e. The number of rotatable bonds is 5. The molecule has 0 bridgehead atoms. The molecule has 0 aromatic heterocycles. The molecular weight excluding hydrogens is 346 g/mol. The van der Waals surface area contributed by atoms with E-state index < -0.39 is 0 Å². The van der Waals surface area contributed by atoms with Gasteiger partial charge < -0.3 is 17.1 Å². The first-order valence-electron chi connectivity index (χ1n) is 8.48. The molecule has 0 heterocycles. The van der Waals surface area contributed by atoms with Crippen LogP contribution >= 0.6 is 0 Å². The van der Waals surface area contributed by atoms with Crippen LogP contribution in [-0.2, 0) is 11.3 Å². The lowest BCUT2D eigenvalue weighted by atomic mass is 10.1. The monoisotopic (exact) mass is 367 g/mol. The molecular formula is C22H22ClNO2. The summed E-state index contributed by atoms with van der Waals surface area (Å²) in [6, 6.07) is 29.7. The van der Waals surface area contributed by atoms with E-state index in [1.807, 2.05) is 97.9 Å². The smallest absolute Gasteiger partial charge is 0.526 e. The molecule has 4 heteroatoms. The number of ether oxygens (including phenoxy) is 1. The molecule has 3 aromatic carbocycles. The van der Waals surface area contributed by atoms with Gasteiger partial charge in [-0.1, -0.05) is 66.7 Å². The first-order chi connectivity index (χ1) is 12.3. The van der Waals surface area contributed by atoms with Gasteiger partial charge in [0.1, 0.15) is 17.9 Å². The van der Waals surface area contributed by atoms with Gasteiger partial charge in [-0.3, -0.25) is 0 Å². The Morgan fingerprint density at radius 2 is 1.19 bits per heavy atom. The Morgan fingerprint density at radius 1 is 0.769 bits per heavy atom. The van der Waals surface area contributed by atoms with Crippen LogP contribution in [0.1, 0.15) is 12.5 Å². The molecule has 3 nitrogen and oxygen atoms in total. The summed E-state index contributed by atoms with van der Waals surface area (Å²) in [5, 5.41) is 0. The van der Waals surface area contributed by atoms with Crippen LogP contribution in [0.25, 0.3) is 0 Å². The molecule has 3 aromatic rings. The fourth-order valence-corrected chi connectivity index (χ4v) is 3.06. The Labute approximate surface area is 160 Å². The molecule has 1 amide bonds. The average molecular weight is 368 g/mol.